The first-order chi connectivity index (χ1) is 4.80. The summed E-state index contributed by atoms with van der Waals surface area (Å²) < 4.78 is 0. The fraction of sp³-hybridized carbons (Fsp3) is 0.600. The third-order valence-corrected chi connectivity index (χ3v) is 3.27. The van der Waals surface area contributed by atoms with Crippen molar-refractivity contribution in [2.75, 3.05) is 0 Å². The summed E-state index contributed by atoms with van der Waals surface area (Å²) in [7, 11) is 0. The predicted molar refractivity (Wildman–Crippen MR) is 43.6 cm³/mol. The standard InChI is InChI=1S/C10H14/c1-7-8(2)10-6-4-3-5-9(7)10/h3-10H,1-2H3. The second kappa shape index (κ2) is 1.98. The number of allylic oxidation sites excluding steroid dienone is 4. The minimum Gasteiger partial charge on any atom is -0.0806 e. The first-order valence-corrected chi connectivity index (χ1v) is 4.15. The Hall–Kier alpha value is -0.520. The molecule has 0 heterocycles. The summed E-state index contributed by atoms with van der Waals surface area (Å²) in [5.41, 5.74) is 0. The molecular formula is C10H14. The fourth-order valence-corrected chi connectivity index (χ4v) is 2.25. The Kier molecular flexibility index (Phi) is 1.23. The molecular weight excluding hydrogens is 120 g/mol. The summed E-state index contributed by atoms with van der Waals surface area (Å²) in [5.74, 6) is 3.54. The molecule has 54 valence electrons. The molecule has 0 aliphatic heterocycles. The topological polar surface area (TPSA) is 0 Å². The maximum Gasteiger partial charge on any atom is -0.0136 e. The third-order valence-electron chi connectivity index (χ3n) is 3.27. The van der Waals surface area contributed by atoms with Crippen LogP contribution in [-0.4, -0.2) is 0 Å². The minimum absolute atomic E-state index is 0.861. The predicted octanol–water partition coefficient (Wildman–Crippen LogP) is 2.63. The summed E-state index contributed by atoms with van der Waals surface area (Å²) in [6, 6.07) is 0. The van der Waals surface area contributed by atoms with Gasteiger partial charge in [0, 0.05) is 0 Å². The van der Waals surface area contributed by atoms with E-state index in [0.29, 0.717) is 0 Å². The summed E-state index contributed by atoms with van der Waals surface area (Å²) in [6.45, 7) is 4.71. The first kappa shape index (κ1) is 6.21. The Morgan fingerprint density at radius 3 is 1.60 bits per heavy atom. The molecule has 0 aromatic rings. The lowest BCUT2D eigenvalue weighted by Crippen LogP contribution is -2.42. The van der Waals surface area contributed by atoms with Gasteiger partial charge in [-0.3, -0.25) is 0 Å². The van der Waals surface area contributed by atoms with E-state index in [4.69, 9.17) is 0 Å². The van der Waals surface area contributed by atoms with Crippen LogP contribution < -0.4 is 0 Å². The summed E-state index contributed by atoms with van der Waals surface area (Å²) in [5, 5.41) is 0. The molecule has 1 fully saturated rings. The number of hydrogen-bond donors (Lipinski definition) is 0. The maximum absolute atomic E-state index is 2.36. The van der Waals surface area contributed by atoms with E-state index in [-0.39, 0.29) is 0 Å². The first-order valence-electron chi connectivity index (χ1n) is 4.15. The van der Waals surface area contributed by atoms with Gasteiger partial charge in [0.2, 0.25) is 0 Å². The van der Waals surface area contributed by atoms with E-state index in [1.54, 1.807) is 0 Å². The molecule has 4 unspecified atom stereocenters. The highest BCUT2D eigenvalue weighted by atomic mass is 14.5. The van der Waals surface area contributed by atoms with E-state index in [2.05, 4.69) is 38.2 Å². The molecule has 0 heteroatoms. The average Bonchev–Trinajstić information content (AvgIpc) is 2.03. The van der Waals surface area contributed by atoms with Gasteiger partial charge in [-0.25, -0.2) is 0 Å². The van der Waals surface area contributed by atoms with Gasteiger partial charge in [0.05, 0.1) is 0 Å². The van der Waals surface area contributed by atoms with Crippen molar-refractivity contribution in [2.24, 2.45) is 23.7 Å². The van der Waals surface area contributed by atoms with Crippen molar-refractivity contribution in [1.29, 1.82) is 0 Å². The lowest BCUT2D eigenvalue weighted by atomic mass is 9.57. The van der Waals surface area contributed by atoms with Crippen LogP contribution in [0.15, 0.2) is 24.3 Å². The van der Waals surface area contributed by atoms with E-state index < -0.39 is 0 Å². The number of hydrogen-bond acceptors (Lipinski definition) is 0. The lowest BCUT2D eigenvalue weighted by Gasteiger charge is -2.47. The molecule has 4 atom stereocenters. The monoisotopic (exact) mass is 134 g/mol. The van der Waals surface area contributed by atoms with Crippen molar-refractivity contribution in [2.45, 2.75) is 13.8 Å². The fourth-order valence-electron chi connectivity index (χ4n) is 2.25. The van der Waals surface area contributed by atoms with Crippen LogP contribution in [0.1, 0.15) is 13.8 Å². The zero-order valence-electron chi connectivity index (χ0n) is 6.62. The highest BCUT2D eigenvalue weighted by molar-refractivity contribution is 5.20. The smallest absolute Gasteiger partial charge is 0.0136 e. The van der Waals surface area contributed by atoms with Crippen LogP contribution in [-0.2, 0) is 0 Å². The van der Waals surface area contributed by atoms with E-state index in [9.17, 15) is 0 Å². The molecule has 0 radical (unpaired) electrons. The second-order valence-corrected chi connectivity index (χ2v) is 3.64. The molecule has 10 heavy (non-hydrogen) atoms. The number of fused-ring (bicyclic) bond motifs is 1. The Bertz CT molecular complexity index is 166. The quantitative estimate of drug-likeness (QED) is 0.477. The van der Waals surface area contributed by atoms with Gasteiger partial charge >= 0.3 is 0 Å². The molecule has 0 aromatic heterocycles. The Morgan fingerprint density at radius 2 is 1.20 bits per heavy atom. The van der Waals surface area contributed by atoms with Crippen molar-refractivity contribution >= 4 is 0 Å². The second-order valence-electron chi connectivity index (χ2n) is 3.64. The highest BCUT2D eigenvalue weighted by Gasteiger charge is 2.42. The molecule has 0 aromatic carbocycles. The van der Waals surface area contributed by atoms with E-state index in [1.807, 2.05) is 0 Å². The van der Waals surface area contributed by atoms with Crippen LogP contribution in [0, 0.1) is 23.7 Å². The van der Waals surface area contributed by atoms with E-state index >= 15 is 0 Å². The molecule has 0 nitrogen and oxygen atoms in total. The average molecular weight is 134 g/mol. The van der Waals surface area contributed by atoms with Gasteiger partial charge in [0.1, 0.15) is 0 Å². The molecule has 2 aliphatic carbocycles. The van der Waals surface area contributed by atoms with Gasteiger partial charge < -0.3 is 0 Å². The Labute approximate surface area is 62.6 Å². The molecule has 0 N–H and O–H groups in total. The molecule has 2 rings (SSSR count). The van der Waals surface area contributed by atoms with Crippen molar-refractivity contribution in [1.82, 2.24) is 0 Å². The highest BCUT2D eigenvalue weighted by Crippen LogP contribution is 2.48. The molecule has 0 bridgehead atoms. The van der Waals surface area contributed by atoms with Gasteiger partial charge in [-0.1, -0.05) is 38.2 Å². The molecule has 0 saturated heterocycles. The van der Waals surface area contributed by atoms with Crippen LogP contribution in [0.5, 0.6) is 0 Å². The van der Waals surface area contributed by atoms with E-state index in [1.165, 1.54) is 0 Å². The van der Waals surface area contributed by atoms with Crippen LogP contribution in [0.2, 0.25) is 0 Å². The molecule has 0 spiro atoms. The van der Waals surface area contributed by atoms with Gasteiger partial charge in [-0.2, -0.15) is 0 Å². The van der Waals surface area contributed by atoms with Crippen molar-refractivity contribution in [3.8, 4) is 0 Å². The van der Waals surface area contributed by atoms with Crippen molar-refractivity contribution < 1.29 is 0 Å². The lowest BCUT2D eigenvalue weighted by molar-refractivity contribution is 0.0730. The Balaban J connectivity index is 2.17. The third kappa shape index (κ3) is 0.622. The zero-order chi connectivity index (χ0) is 7.14. The van der Waals surface area contributed by atoms with Crippen molar-refractivity contribution in [3.05, 3.63) is 24.3 Å². The minimum atomic E-state index is 0.861. The van der Waals surface area contributed by atoms with Crippen LogP contribution in [0.3, 0.4) is 0 Å². The molecule has 1 saturated carbocycles. The largest absolute Gasteiger partial charge is 0.0806 e. The van der Waals surface area contributed by atoms with Crippen LogP contribution in [0.4, 0.5) is 0 Å². The van der Waals surface area contributed by atoms with E-state index in [0.717, 1.165) is 23.7 Å². The van der Waals surface area contributed by atoms with Gasteiger partial charge in [-0.05, 0) is 23.7 Å². The zero-order valence-corrected chi connectivity index (χ0v) is 6.62. The molecule has 0 amide bonds. The maximum atomic E-state index is 2.36. The SMILES string of the molecule is CC1C(C)C2C=CC=CC12. The van der Waals surface area contributed by atoms with Gasteiger partial charge in [0.15, 0.2) is 0 Å². The van der Waals surface area contributed by atoms with Crippen LogP contribution >= 0.6 is 0 Å². The van der Waals surface area contributed by atoms with Gasteiger partial charge in [-0.15, -0.1) is 0 Å². The Morgan fingerprint density at radius 1 is 0.800 bits per heavy atom. The summed E-state index contributed by atoms with van der Waals surface area (Å²) in [6.07, 6.45) is 9.08. The van der Waals surface area contributed by atoms with Gasteiger partial charge in [0.25, 0.3) is 0 Å². The normalized spacial score (nSPS) is 50.2. The molecule has 2 aliphatic rings. The number of rotatable bonds is 0. The summed E-state index contributed by atoms with van der Waals surface area (Å²) >= 11 is 0. The summed E-state index contributed by atoms with van der Waals surface area (Å²) in [4.78, 5) is 0. The van der Waals surface area contributed by atoms with Crippen molar-refractivity contribution in [3.63, 3.8) is 0 Å². The van der Waals surface area contributed by atoms with Crippen LogP contribution in [0.25, 0.3) is 0 Å².